The molecule has 10 nitrogen and oxygen atoms in total. The van der Waals surface area contributed by atoms with Gasteiger partial charge in [0.1, 0.15) is 18.9 Å². The molecule has 0 saturated heterocycles. The lowest BCUT2D eigenvalue weighted by atomic mass is 9.99. The number of aromatic nitrogens is 1. The lowest BCUT2D eigenvalue weighted by molar-refractivity contribution is -0.124. The van der Waals surface area contributed by atoms with E-state index in [1.807, 2.05) is 112 Å². The van der Waals surface area contributed by atoms with Crippen LogP contribution in [-0.2, 0) is 22.6 Å². The van der Waals surface area contributed by atoms with Crippen LogP contribution in [0.25, 0.3) is 0 Å². The molecule has 46 heavy (non-hydrogen) atoms. The first-order valence-electron chi connectivity index (χ1n) is 15.4. The summed E-state index contributed by atoms with van der Waals surface area (Å²) >= 11 is 0. The lowest BCUT2D eigenvalue weighted by Crippen LogP contribution is -2.52. The number of ether oxygens (including phenoxy) is 1. The molecular formula is C36H40N4O6. The normalized spacial score (nSPS) is 12.9. The molecule has 0 bridgehead atoms. The van der Waals surface area contributed by atoms with Crippen molar-refractivity contribution in [2.45, 2.75) is 64.8 Å². The summed E-state index contributed by atoms with van der Waals surface area (Å²) < 4.78 is 10.8. The van der Waals surface area contributed by atoms with Crippen molar-refractivity contribution in [1.82, 2.24) is 20.9 Å². The summed E-state index contributed by atoms with van der Waals surface area (Å²) in [5, 5.41) is 8.30. The van der Waals surface area contributed by atoms with E-state index >= 15 is 0 Å². The number of hydrogen-bond acceptors (Lipinski definition) is 7. The molecule has 3 amide bonds. The number of oxazole rings is 1. The number of hydrogen-bond donors (Lipinski definition) is 3. The van der Waals surface area contributed by atoms with Crippen LogP contribution < -0.4 is 16.0 Å². The van der Waals surface area contributed by atoms with Gasteiger partial charge in [-0.2, -0.15) is 0 Å². The Labute approximate surface area is 269 Å². The first-order chi connectivity index (χ1) is 22.2. The van der Waals surface area contributed by atoms with Gasteiger partial charge in [0.05, 0.1) is 12.1 Å². The standard InChI is InChI=1S/C36H40N4O6/c1-24(2)21-30(40-36(44)46-22-27-15-9-5-10-16-27)33(42)38-29(20-19-26-13-7-4-8-14-26)32(41)35-39-31(23-45-35)34(43)37-25(3)28-17-11-6-12-18-28/h4-18,23-25,29-30H,19-22H2,1-3H3,(H,37,43)(H,38,42)(H,40,44)/t25-,29?,30?/m0/s1. The number of carbonyl (C=O) groups is 4. The van der Waals surface area contributed by atoms with Crippen LogP contribution in [0.2, 0.25) is 0 Å². The van der Waals surface area contributed by atoms with Crippen molar-refractivity contribution in [3.63, 3.8) is 0 Å². The number of ketones is 1. The third kappa shape index (κ3) is 10.2. The van der Waals surface area contributed by atoms with E-state index in [9.17, 15) is 19.2 Å². The molecular weight excluding hydrogens is 584 g/mol. The van der Waals surface area contributed by atoms with Gasteiger partial charge < -0.3 is 25.1 Å². The summed E-state index contributed by atoms with van der Waals surface area (Å²) in [5.41, 5.74) is 2.63. The molecule has 2 unspecified atom stereocenters. The van der Waals surface area contributed by atoms with Gasteiger partial charge in [-0.15, -0.1) is 0 Å². The Kier molecular flexibility index (Phi) is 12.2. The molecule has 3 aromatic carbocycles. The summed E-state index contributed by atoms with van der Waals surface area (Å²) in [6, 6.07) is 25.9. The Balaban J connectivity index is 1.46. The predicted octanol–water partition coefficient (Wildman–Crippen LogP) is 5.81. The SMILES string of the molecule is CC(C)CC(NC(=O)OCc1ccccc1)C(=O)NC(CCc1ccccc1)C(=O)c1nc(C(=O)N[C@@H](C)c2ccccc2)co1. The molecule has 240 valence electrons. The van der Waals surface area contributed by atoms with Gasteiger partial charge in [0.2, 0.25) is 11.7 Å². The molecule has 0 radical (unpaired) electrons. The number of benzene rings is 3. The highest BCUT2D eigenvalue weighted by atomic mass is 16.5. The molecule has 10 heteroatoms. The third-order valence-corrected chi connectivity index (χ3v) is 7.32. The number of nitrogens with one attached hydrogen (secondary N) is 3. The largest absolute Gasteiger partial charge is 0.445 e. The van der Waals surface area contributed by atoms with Crippen LogP contribution in [0.15, 0.2) is 102 Å². The van der Waals surface area contributed by atoms with Gasteiger partial charge in [0.15, 0.2) is 5.69 Å². The summed E-state index contributed by atoms with van der Waals surface area (Å²) in [6.07, 6.45) is 1.40. The third-order valence-electron chi connectivity index (χ3n) is 7.32. The minimum Gasteiger partial charge on any atom is -0.445 e. The number of amides is 3. The highest BCUT2D eigenvalue weighted by molar-refractivity contribution is 6.00. The van der Waals surface area contributed by atoms with E-state index in [-0.39, 0.29) is 36.6 Å². The first-order valence-corrected chi connectivity index (χ1v) is 15.4. The zero-order chi connectivity index (χ0) is 32.9. The van der Waals surface area contributed by atoms with E-state index in [0.29, 0.717) is 12.8 Å². The molecule has 4 rings (SSSR count). The van der Waals surface area contributed by atoms with Crippen LogP contribution in [-0.4, -0.2) is 40.8 Å². The zero-order valence-corrected chi connectivity index (χ0v) is 26.3. The molecule has 1 heterocycles. The lowest BCUT2D eigenvalue weighted by Gasteiger charge is -2.23. The molecule has 0 aliphatic heterocycles. The van der Waals surface area contributed by atoms with Gasteiger partial charge >= 0.3 is 6.09 Å². The smallest absolute Gasteiger partial charge is 0.408 e. The molecule has 0 aliphatic carbocycles. The molecule has 0 saturated carbocycles. The van der Waals surface area contributed by atoms with E-state index in [1.165, 1.54) is 0 Å². The highest BCUT2D eigenvalue weighted by Crippen LogP contribution is 2.15. The van der Waals surface area contributed by atoms with Crippen molar-refractivity contribution in [2.24, 2.45) is 5.92 Å². The molecule has 0 fully saturated rings. The summed E-state index contributed by atoms with van der Waals surface area (Å²) in [4.78, 5) is 57.0. The van der Waals surface area contributed by atoms with Gasteiger partial charge in [-0.25, -0.2) is 9.78 Å². The number of aryl methyl sites for hydroxylation is 1. The maximum absolute atomic E-state index is 13.7. The quantitative estimate of drug-likeness (QED) is 0.142. The monoisotopic (exact) mass is 624 g/mol. The minimum atomic E-state index is -1.04. The maximum atomic E-state index is 13.7. The average Bonchev–Trinajstić information content (AvgIpc) is 3.57. The number of Topliss-reactive ketones (excluding diaryl/α,β-unsaturated/α-hetero) is 1. The second-order valence-corrected chi connectivity index (χ2v) is 11.5. The van der Waals surface area contributed by atoms with Crippen LogP contribution in [0.1, 0.15) is 77.5 Å². The molecule has 0 spiro atoms. The topological polar surface area (TPSA) is 140 Å². The fourth-order valence-electron chi connectivity index (χ4n) is 4.84. The van der Waals surface area contributed by atoms with Crippen molar-refractivity contribution >= 4 is 23.7 Å². The van der Waals surface area contributed by atoms with Crippen molar-refractivity contribution in [2.75, 3.05) is 0 Å². The zero-order valence-electron chi connectivity index (χ0n) is 26.3. The molecule has 4 aromatic rings. The van der Waals surface area contributed by atoms with Crippen LogP contribution in [0.3, 0.4) is 0 Å². The van der Waals surface area contributed by atoms with Gasteiger partial charge in [0.25, 0.3) is 11.8 Å². The van der Waals surface area contributed by atoms with E-state index in [4.69, 9.17) is 9.15 Å². The van der Waals surface area contributed by atoms with Gasteiger partial charge in [-0.1, -0.05) is 105 Å². The number of carbonyl (C=O) groups excluding carboxylic acids is 4. The fourth-order valence-corrected chi connectivity index (χ4v) is 4.84. The Morgan fingerprint density at radius 1 is 0.761 bits per heavy atom. The average molecular weight is 625 g/mol. The molecule has 3 N–H and O–H groups in total. The van der Waals surface area contributed by atoms with Crippen LogP contribution >= 0.6 is 0 Å². The second kappa shape index (κ2) is 16.7. The van der Waals surface area contributed by atoms with Gasteiger partial charge in [0, 0.05) is 0 Å². The van der Waals surface area contributed by atoms with E-state index in [2.05, 4.69) is 20.9 Å². The molecule has 0 aliphatic rings. The van der Waals surface area contributed by atoms with Gasteiger partial charge in [-0.05, 0) is 48.8 Å². The Morgan fingerprint density at radius 2 is 1.37 bits per heavy atom. The van der Waals surface area contributed by atoms with Crippen LogP contribution in [0, 0.1) is 5.92 Å². The summed E-state index contributed by atoms with van der Waals surface area (Å²) in [5.74, 6) is -1.88. The first kappa shape index (κ1) is 33.6. The Bertz CT molecular complexity index is 1570. The number of alkyl carbamates (subject to hydrolysis) is 1. The highest BCUT2D eigenvalue weighted by Gasteiger charge is 2.31. The second-order valence-electron chi connectivity index (χ2n) is 11.5. The number of rotatable bonds is 15. The van der Waals surface area contributed by atoms with Crippen molar-refractivity contribution in [3.8, 4) is 0 Å². The van der Waals surface area contributed by atoms with E-state index in [1.54, 1.807) is 0 Å². The van der Waals surface area contributed by atoms with Crippen molar-refractivity contribution in [3.05, 3.63) is 126 Å². The van der Waals surface area contributed by atoms with Crippen molar-refractivity contribution < 1.29 is 28.3 Å². The number of nitrogens with zero attached hydrogens (tertiary/aromatic N) is 1. The predicted molar refractivity (Wildman–Crippen MR) is 173 cm³/mol. The molecule has 3 atom stereocenters. The van der Waals surface area contributed by atoms with E-state index < -0.39 is 35.8 Å². The van der Waals surface area contributed by atoms with Crippen LogP contribution in [0.5, 0.6) is 0 Å². The van der Waals surface area contributed by atoms with Crippen molar-refractivity contribution in [1.29, 1.82) is 0 Å². The summed E-state index contributed by atoms with van der Waals surface area (Å²) in [6.45, 7) is 5.74. The Hall–Kier alpha value is -5.25. The van der Waals surface area contributed by atoms with Crippen LogP contribution in [0.4, 0.5) is 4.79 Å². The summed E-state index contributed by atoms with van der Waals surface area (Å²) in [7, 11) is 0. The fraction of sp³-hybridized carbons (Fsp3) is 0.306. The Morgan fingerprint density at radius 3 is 2.00 bits per heavy atom. The maximum Gasteiger partial charge on any atom is 0.408 e. The van der Waals surface area contributed by atoms with Gasteiger partial charge in [-0.3, -0.25) is 14.4 Å². The minimum absolute atomic E-state index is 0.0467. The molecule has 1 aromatic heterocycles. The van der Waals surface area contributed by atoms with E-state index in [0.717, 1.165) is 23.0 Å².